The van der Waals surface area contributed by atoms with E-state index in [1.165, 1.54) is 26.0 Å². The third-order valence-corrected chi connectivity index (χ3v) is 6.79. The number of aliphatic hydroxyl groups excluding tert-OH is 2. The lowest BCUT2D eigenvalue weighted by Crippen LogP contribution is -2.28. The van der Waals surface area contributed by atoms with Crippen LogP contribution in [0.4, 0.5) is 0 Å². The number of ether oxygens (including phenoxy) is 2. The number of rotatable bonds is 3. The van der Waals surface area contributed by atoms with Gasteiger partial charge in [0, 0.05) is 29.2 Å². The second-order valence-corrected chi connectivity index (χ2v) is 10.2. The van der Waals surface area contributed by atoms with Crippen molar-refractivity contribution in [1.29, 1.82) is 0 Å². The number of carbonyl (C=O) groups excluding carboxylic acids is 3. The summed E-state index contributed by atoms with van der Waals surface area (Å²) in [6.07, 6.45) is 13.8. The predicted molar refractivity (Wildman–Crippen MR) is 199 cm³/mol. The maximum atomic E-state index is 13.1. The van der Waals surface area contributed by atoms with E-state index in [1.807, 2.05) is 41.5 Å². The predicted octanol–water partition coefficient (Wildman–Crippen LogP) is 8.21. The summed E-state index contributed by atoms with van der Waals surface area (Å²) in [7, 11) is 1.38. The highest BCUT2D eigenvalue weighted by Crippen LogP contribution is 2.47. The molecule has 4 N–H and O–H groups in total. The van der Waals surface area contributed by atoms with Crippen LogP contribution in [0.1, 0.15) is 151 Å². The molecule has 1 saturated heterocycles. The van der Waals surface area contributed by atoms with E-state index in [2.05, 4.69) is 40.5 Å². The van der Waals surface area contributed by atoms with E-state index < -0.39 is 30.4 Å². The van der Waals surface area contributed by atoms with Gasteiger partial charge in [-0.3, -0.25) is 14.4 Å². The summed E-state index contributed by atoms with van der Waals surface area (Å²) in [4.78, 5) is 38.1. The van der Waals surface area contributed by atoms with Crippen molar-refractivity contribution in [2.75, 3.05) is 20.3 Å². The van der Waals surface area contributed by atoms with Gasteiger partial charge in [-0.15, -0.1) is 12.8 Å². The number of hydrogen-bond donors (Lipinski definition) is 4. The Morgan fingerprint density at radius 3 is 1.78 bits per heavy atom. The smallest absolute Gasteiger partial charge is 0.202 e. The van der Waals surface area contributed by atoms with Crippen LogP contribution < -0.4 is 4.74 Å². The Morgan fingerprint density at radius 2 is 1.35 bits per heavy atom. The number of benzene rings is 2. The zero-order chi connectivity index (χ0) is 38.7. The Kier molecular flexibility index (Phi) is 29.6. The monoisotopic (exact) mass is 688 g/mol. The molecule has 0 aromatic heterocycles. The van der Waals surface area contributed by atoms with E-state index in [9.17, 15) is 24.6 Å². The van der Waals surface area contributed by atoms with Crippen molar-refractivity contribution >= 4 is 17.3 Å². The van der Waals surface area contributed by atoms with Crippen LogP contribution in [0.3, 0.4) is 0 Å². The van der Waals surface area contributed by atoms with Crippen molar-refractivity contribution in [2.24, 2.45) is 5.92 Å². The average Bonchev–Trinajstić information content (AvgIpc) is 3.15. The zero-order valence-electron chi connectivity index (χ0n) is 31.9. The first kappa shape index (κ1) is 49.7. The Balaban J connectivity index is -0.000000835. The molecule has 2 atom stereocenters. The van der Waals surface area contributed by atoms with Crippen LogP contribution in [0, 0.1) is 18.8 Å². The van der Waals surface area contributed by atoms with Crippen LogP contribution >= 0.6 is 0 Å². The number of carbonyl (C=O) groups is 3. The molecular formula is C40H64O9. The van der Waals surface area contributed by atoms with Crippen LogP contribution in [0.5, 0.6) is 17.2 Å². The summed E-state index contributed by atoms with van der Waals surface area (Å²) in [6.45, 7) is 20.6. The molecule has 278 valence electrons. The molecule has 0 saturated carbocycles. The van der Waals surface area contributed by atoms with E-state index in [1.54, 1.807) is 12.1 Å². The normalized spacial score (nSPS) is 15.9. The van der Waals surface area contributed by atoms with Gasteiger partial charge < -0.3 is 29.9 Å². The number of fused-ring (bicyclic) bond motifs is 3. The molecule has 1 fully saturated rings. The van der Waals surface area contributed by atoms with Crippen molar-refractivity contribution in [3.05, 3.63) is 51.6 Å². The molecule has 9 heteroatoms. The minimum atomic E-state index is -0.609. The zero-order valence-corrected chi connectivity index (χ0v) is 31.9. The first-order chi connectivity index (χ1) is 23.6. The van der Waals surface area contributed by atoms with E-state index in [0.717, 1.165) is 25.9 Å². The number of aliphatic hydroxyl groups is 2. The largest absolute Gasteiger partial charge is 0.507 e. The molecule has 0 radical (unpaired) electrons. The molecule has 9 nitrogen and oxygen atoms in total. The minimum Gasteiger partial charge on any atom is -0.507 e. The standard InChI is InChI=1S/C21H18O7.C5H10O2.2C3H8.3C2H6.C2H2/c1-28-14-4-2-3-11-15(14)21(27)17-16(19(11)25)20(26)12-7-9(13(23)8-22)5-6-10(12)18(17)24;6-5-3-1-2-4-7-5;2*1-3-2;4*1-2/h2-4,9,22,24,26H,5-8H2,1H3;5-6H,1-4H2;2*3H2,1-2H3;3*1-2H3;1-2H/t;5-;;;;;;/m.1....../s1. The van der Waals surface area contributed by atoms with Gasteiger partial charge in [0.25, 0.3) is 0 Å². The molecule has 2 aromatic carbocycles. The first-order valence-electron chi connectivity index (χ1n) is 17.8. The number of Topliss-reactive ketones (excluding diaryl/α,β-unsaturated/α-hetero) is 1. The molecule has 3 aliphatic rings. The second kappa shape index (κ2) is 29.2. The number of terminal acetylenes is 1. The molecule has 5 rings (SSSR count). The second-order valence-electron chi connectivity index (χ2n) is 10.2. The average molecular weight is 689 g/mol. The fourth-order valence-corrected chi connectivity index (χ4v) is 4.93. The summed E-state index contributed by atoms with van der Waals surface area (Å²) in [5, 5.41) is 39.4. The van der Waals surface area contributed by atoms with Gasteiger partial charge in [-0.25, -0.2) is 0 Å². The van der Waals surface area contributed by atoms with Crippen LogP contribution in [-0.4, -0.2) is 64.4 Å². The molecule has 49 heavy (non-hydrogen) atoms. The Labute approximate surface area is 296 Å². The van der Waals surface area contributed by atoms with Gasteiger partial charge in [0.15, 0.2) is 17.9 Å². The molecule has 0 spiro atoms. The highest BCUT2D eigenvalue weighted by molar-refractivity contribution is 6.31. The number of aromatic hydroxyl groups is 2. The number of methoxy groups -OCH3 is 1. The van der Waals surface area contributed by atoms with Gasteiger partial charge in [0.05, 0.1) is 23.8 Å². The van der Waals surface area contributed by atoms with Crippen LogP contribution in [0.2, 0.25) is 0 Å². The number of hydrogen-bond acceptors (Lipinski definition) is 9. The van der Waals surface area contributed by atoms with E-state index in [-0.39, 0.29) is 63.7 Å². The van der Waals surface area contributed by atoms with Crippen LogP contribution in [0.25, 0.3) is 0 Å². The molecule has 1 unspecified atom stereocenters. The molecule has 1 aliphatic heterocycles. The summed E-state index contributed by atoms with van der Waals surface area (Å²) in [5.74, 6) is -2.56. The topological polar surface area (TPSA) is 151 Å². The van der Waals surface area contributed by atoms with Crippen molar-refractivity contribution < 1.29 is 44.3 Å². The molecule has 1 heterocycles. The fourth-order valence-electron chi connectivity index (χ4n) is 4.93. The number of ketones is 3. The Morgan fingerprint density at radius 1 is 0.837 bits per heavy atom. The molecule has 0 amide bonds. The van der Waals surface area contributed by atoms with E-state index >= 15 is 0 Å². The third kappa shape index (κ3) is 14.0. The molecule has 0 bridgehead atoms. The Hall–Kier alpha value is -3.71. The van der Waals surface area contributed by atoms with Crippen molar-refractivity contribution in [2.45, 2.75) is 127 Å². The summed E-state index contributed by atoms with van der Waals surface area (Å²) < 4.78 is 10.0. The summed E-state index contributed by atoms with van der Waals surface area (Å²) in [6, 6.07) is 4.59. The maximum absolute atomic E-state index is 13.1. The summed E-state index contributed by atoms with van der Waals surface area (Å²) in [5.41, 5.74) is 0.301. The van der Waals surface area contributed by atoms with Crippen molar-refractivity contribution in [3.8, 4) is 30.1 Å². The van der Waals surface area contributed by atoms with Gasteiger partial charge in [0.2, 0.25) is 5.78 Å². The highest BCUT2D eigenvalue weighted by atomic mass is 16.6. The minimum absolute atomic E-state index is 0.0568. The molecule has 2 aromatic rings. The van der Waals surface area contributed by atoms with Crippen LogP contribution in [0.15, 0.2) is 18.2 Å². The van der Waals surface area contributed by atoms with Gasteiger partial charge in [-0.1, -0.05) is 94.2 Å². The Bertz CT molecular complexity index is 1260. The van der Waals surface area contributed by atoms with Crippen molar-refractivity contribution in [1.82, 2.24) is 0 Å². The highest BCUT2D eigenvalue weighted by Gasteiger charge is 2.40. The lowest BCUT2D eigenvalue weighted by Gasteiger charge is -2.29. The quantitative estimate of drug-likeness (QED) is 0.158. The lowest BCUT2D eigenvalue weighted by atomic mass is 9.75. The fraction of sp³-hybridized carbons (Fsp3) is 0.575. The van der Waals surface area contributed by atoms with Gasteiger partial charge in [-0.05, 0) is 44.6 Å². The van der Waals surface area contributed by atoms with Crippen LogP contribution in [-0.2, 0) is 22.4 Å². The third-order valence-electron chi connectivity index (χ3n) is 6.79. The van der Waals surface area contributed by atoms with Gasteiger partial charge in [0.1, 0.15) is 23.9 Å². The first-order valence-corrected chi connectivity index (χ1v) is 17.8. The van der Waals surface area contributed by atoms with E-state index in [0.29, 0.717) is 12.0 Å². The van der Waals surface area contributed by atoms with Crippen molar-refractivity contribution in [3.63, 3.8) is 0 Å². The SMILES string of the molecule is C#C.CC.CC.CC.CCC.CCC.COc1cccc2c1C(=O)c1c(O)c3c(c(O)c1C2=O)CC(C(=O)CO)CC3.O[C@H]1CCCCO1. The molecular weight excluding hydrogens is 624 g/mol. The lowest BCUT2D eigenvalue weighted by molar-refractivity contribution is -0.126. The molecule has 2 aliphatic carbocycles. The summed E-state index contributed by atoms with van der Waals surface area (Å²) >= 11 is 0. The van der Waals surface area contributed by atoms with Gasteiger partial charge in [-0.2, -0.15) is 0 Å². The number of phenolic OH excluding ortho intramolecular Hbond substituents is 2. The number of phenols is 2. The van der Waals surface area contributed by atoms with E-state index in [4.69, 9.17) is 19.7 Å². The van der Waals surface area contributed by atoms with Gasteiger partial charge >= 0.3 is 0 Å². The maximum Gasteiger partial charge on any atom is 0.202 e.